The van der Waals surface area contributed by atoms with Crippen molar-refractivity contribution in [1.82, 2.24) is 4.72 Å². The fourth-order valence-electron chi connectivity index (χ4n) is 2.05. The fraction of sp³-hybridized carbons (Fsp3) is 0.0769. The zero-order valence-electron chi connectivity index (χ0n) is 10.6. The second-order valence-electron chi connectivity index (χ2n) is 4.34. The number of hydrogen-bond acceptors (Lipinski definition) is 5. The normalized spacial score (nSPS) is 19.0. The molecule has 108 valence electrons. The molecule has 1 aromatic heterocycles. The number of amidine groups is 1. The highest BCUT2D eigenvalue weighted by molar-refractivity contribution is 7.90. The molecule has 21 heavy (non-hydrogen) atoms. The maximum atomic E-state index is 12.0. The Hall–Kier alpha value is -2.19. The maximum Gasteiger partial charge on any atom is 0.334 e. The van der Waals surface area contributed by atoms with Crippen molar-refractivity contribution in [2.24, 2.45) is 4.99 Å². The van der Waals surface area contributed by atoms with E-state index in [1.165, 1.54) is 17.4 Å². The van der Waals surface area contributed by atoms with Crippen LogP contribution >= 0.6 is 11.3 Å². The molecule has 0 fully saturated rings. The van der Waals surface area contributed by atoms with Crippen LogP contribution in [0.5, 0.6) is 0 Å². The number of carbonyl (C=O) groups is 1. The quantitative estimate of drug-likeness (QED) is 0.897. The monoisotopic (exact) mass is 322 g/mol. The van der Waals surface area contributed by atoms with E-state index in [9.17, 15) is 18.3 Å². The van der Waals surface area contributed by atoms with Gasteiger partial charge in [0.05, 0.1) is 4.90 Å². The third-order valence-electron chi connectivity index (χ3n) is 2.97. The van der Waals surface area contributed by atoms with Crippen LogP contribution in [0.1, 0.15) is 16.5 Å². The van der Waals surface area contributed by atoms with Gasteiger partial charge in [0.25, 0.3) is 10.0 Å². The Kier molecular flexibility index (Phi) is 3.26. The molecule has 6 nitrogen and oxygen atoms in total. The van der Waals surface area contributed by atoms with Gasteiger partial charge in [0, 0.05) is 10.4 Å². The van der Waals surface area contributed by atoms with Crippen molar-refractivity contribution in [2.75, 3.05) is 0 Å². The van der Waals surface area contributed by atoms with Gasteiger partial charge < -0.3 is 5.11 Å². The second kappa shape index (κ2) is 4.97. The first-order valence-corrected chi connectivity index (χ1v) is 8.31. The number of fused-ring (bicyclic) bond motifs is 1. The Balaban J connectivity index is 2.10. The Morgan fingerprint density at radius 1 is 1.24 bits per heavy atom. The summed E-state index contributed by atoms with van der Waals surface area (Å²) in [7, 11) is -3.67. The molecule has 3 rings (SSSR count). The second-order valence-corrected chi connectivity index (χ2v) is 6.97. The van der Waals surface area contributed by atoms with Crippen LogP contribution in [0.25, 0.3) is 0 Å². The number of benzene rings is 1. The summed E-state index contributed by atoms with van der Waals surface area (Å²) in [4.78, 5) is 16.1. The first kappa shape index (κ1) is 13.8. The summed E-state index contributed by atoms with van der Waals surface area (Å²) in [5.74, 6) is -1.07. The van der Waals surface area contributed by atoms with Crippen LogP contribution in [0, 0.1) is 0 Å². The minimum atomic E-state index is -3.67. The lowest BCUT2D eigenvalue weighted by molar-refractivity contribution is -0.138. The Morgan fingerprint density at radius 2 is 2.00 bits per heavy atom. The van der Waals surface area contributed by atoms with E-state index in [4.69, 9.17) is 0 Å². The SMILES string of the molecule is O=C(O)C(N=C1NS(=O)(=O)c2ccccc21)c1cccs1. The molecule has 2 heterocycles. The zero-order valence-corrected chi connectivity index (χ0v) is 12.2. The van der Waals surface area contributed by atoms with Crippen molar-refractivity contribution in [2.45, 2.75) is 10.9 Å². The molecule has 1 aliphatic heterocycles. The number of thiophene rings is 1. The molecule has 0 amide bonds. The Bertz CT molecular complexity index is 826. The van der Waals surface area contributed by atoms with Gasteiger partial charge in [-0.15, -0.1) is 11.3 Å². The minimum absolute atomic E-state index is 0.0615. The first-order chi connectivity index (χ1) is 9.99. The Labute approximate surface area is 124 Å². The van der Waals surface area contributed by atoms with Crippen LogP contribution < -0.4 is 4.72 Å². The summed E-state index contributed by atoms with van der Waals surface area (Å²) in [5.41, 5.74) is 0.389. The number of nitrogens with one attached hydrogen (secondary N) is 1. The van der Waals surface area contributed by atoms with Gasteiger partial charge >= 0.3 is 5.97 Å². The molecule has 1 atom stereocenters. The van der Waals surface area contributed by atoms with Gasteiger partial charge in [-0.2, -0.15) is 0 Å². The molecular formula is C13H10N2O4S2. The van der Waals surface area contributed by atoms with Crippen LogP contribution in [-0.4, -0.2) is 25.3 Å². The maximum absolute atomic E-state index is 12.0. The van der Waals surface area contributed by atoms with Crippen molar-refractivity contribution >= 4 is 33.2 Å². The highest BCUT2D eigenvalue weighted by Gasteiger charge is 2.32. The molecule has 0 radical (unpaired) electrons. The van der Waals surface area contributed by atoms with Crippen LogP contribution in [0.4, 0.5) is 0 Å². The summed E-state index contributed by atoms with van der Waals surface area (Å²) < 4.78 is 26.2. The summed E-state index contributed by atoms with van der Waals surface area (Å²) in [6.45, 7) is 0. The molecule has 0 aliphatic carbocycles. The van der Waals surface area contributed by atoms with Crippen molar-refractivity contribution in [1.29, 1.82) is 0 Å². The molecule has 0 spiro atoms. The predicted molar refractivity (Wildman–Crippen MR) is 78.0 cm³/mol. The predicted octanol–water partition coefficient (Wildman–Crippen LogP) is 1.61. The lowest BCUT2D eigenvalue weighted by Gasteiger charge is -2.06. The van der Waals surface area contributed by atoms with Crippen molar-refractivity contribution in [3.8, 4) is 0 Å². The molecule has 1 unspecified atom stereocenters. The number of carboxylic acid groups (broad SMARTS) is 1. The van der Waals surface area contributed by atoms with Gasteiger partial charge in [0.15, 0.2) is 6.04 Å². The number of hydrogen-bond donors (Lipinski definition) is 2. The highest BCUT2D eigenvalue weighted by Crippen LogP contribution is 2.27. The summed E-state index contributed by atoms with van der Waals surface area (Å²) in [6.07, 6.45) is 0. The third kappa shape index (κ3) is 2.43. The minimum Gasteiger partial charge on any atom is -0.479 e. The van der Waals surface area contributed by atoms with E-state index in [-0.39, 0.29) is 10.7 Å². The van der Waals surface area contributed by atoms with Crippen LogP contribution in [0.3, 0.4) is 0 Å². The van der Waals surface area contributed by atoms with Gasteiger partial charge in [-0.1, -0.05) is 18.2 Å². The lowest BCUT2D eigenvalue weighted by Crippen LogP contribution is -2.24. The van der Waals surface area contributed by atoms with E-state index in [0.29, 0.717) is 10.4 Å². The standard InChI is InChI=1S/C13H10N2O4S2/c16-13(17)11(9-5-3-7-20-9)14-12-8-4-1-2-6-10(8)21(18,19)15-12/h1-7,11H,(H,14,15)(H,16,17). The lowest BCUT2D eigenvalue weighted by atomic mass is 10.2. The number of aliphatic carboxylic acids is 1. The fourth-order valence-corrected chi connectivity index (χ4v) is 4.04. The van der Waals surface area contributed by atoms with Gasteiger partial charge in [-0.25, -0.2) is 18.2 Å². The van der Waals surface area contributed by atoms with Gasteiger partial charge in [0.2, 0.25) is 0 Å². The molecule has 0 bridgehead atoms. The topological polar surface area (TPSA) is 95.8 Å². The zero-order chi connectivity index (χ0) is 15.0. The van der Waals surface area contributed by atoms with Crippen LogP contribution in [0.15, 0.2) is 51.7 Å². The first-order valence-electron chi connectivity index (χ1n) is 5.95. The average Bonchev–Trinajstić information content (AvgIpc) is 3.04. The van der Waals surface area contributed by atoms with Crippen LogP contribution in [-0.2, 0) is 14.8 Å². The molecule has 1 aromatic carbocycles. The number of nitrogens with zero attached hydrogens (tertiary/aromatic N) is 1. The largest absolute Gasteiger partial charge is 0.479 e. The van der Waals surface area contributed by atoms with Crippen molar-refractivity contribution in [3.05, 3.63) is 52.2 Å². The smallest absolute Gasteiger partial charge is 0.334 e. The summed E-state index contributed by atoms with van der Waals surface area (Å²) in [5, 5.41) is 11.1. The molecule has 2 N–H and O–H groups in total. The number of sulfonamides is 1. The molecule has 8 heteroatoms. The summed E-state index contributed by atoms with van der Waals surface area (Å²) >= 11 is 1.26. The van der Waals surface area contributed by atoms with Gasteiger partial charge in [-0.3, -0.25) is 4.72 Å². The van der Waals surface area contributed by atoms with E-state index < -0.39 is 22.0 Å². The van der Waals surface area contributed by atoms with E-state index in [1.807, 2.05) is 0 Å². The van der Waals surface area contributed by atoms with E-state index in [1.54, 1.807) is 35.7 Å². The van der Waals surface area contributed by atoms with E-state index in [0.717, 1.165) is 0 Å². The number of rotatable bonds is 3. The highest BCUT2D eigenvalue weighted by atomic mass is 32.2. The van der Waals surface area contributed by atoms with Gasteiger partial charge in [-0.05, 0) is 23.6 Å². The van der Waals surface area contributed by atoms with E-state index >= 15 is 0 Å². The average molecular weight is 322 g/mol. The van der Waals surface area contributed by atoms with Crippen molar-refractivity contribution in [3.63, 3.8) is 0 Å². The molecular weight excluding hydrogens is 312 g/mol. The Morgan fingerprint density at radius 3 is 2.67 bits per heavy atom. The molecule has 1 aliphatic rings. The van der Waals surface area contributed by atoms with Gasteiger partial charge in [0.1, 0.15) is 5.84 Å². The summed E-state index contributed by atoms with van der Waals surface area (Å²) in [6, 6.07) is 8.59. The van der Waals surface area contributed by atoms with Crippen LogP contribution in [0.2, 0.25) is 0 Å². The van der Waals surface area contributed by atoms with Crippen molar-refractivity contribution < 1.29 is 18.3 Å². The third-order valence-corrected chi connectivity index (χ3v) is 5.29. The molecule has 0 saturated heterocycles. The molecule has 0 saturated carbocycles. The number of carboxylic acids is 1. The van der Waals surface area contributed by atoms with E-state index in [2.05, 4.69) is 9.71 Å². The number of aliphatic imine (C=N–C) groups is 1. The molecule has 2 aromatic rings.